The van der Waals surface area contributed by atoms with Crippen LogP contribution >= 0.6 is 0 Å². The summed E-state index contributed by atoms with van der Waals surface area (Å²) in [5, 5.41) is 9.68. The van der Waals surface area contributed by atoms with Crippen molar-refractivity contribution in [3.05, 3.63) is 23.3 Å². The van der Waals surface area contributed by atoms with E-state index in [2.05, 4.69) is 20.8 Å². The van der Waals surface area contributed by atoms with E-state index >= 15 is 0 Å². The second-order valence-corrected chi connectivity index (χ2v) is 8.24. The maximum atomic E-state index is 11.8. The van der Waals surface area contributed by atoms with Gasteiger partial charge in [-0.25, -0.2) is 9.59 Å². The average Bonchev–Trinajstić information content (AvgIpc) is 2.94. The molecule has 1 saturated carbocycles. The zero-order chi connectivity index (χ0) is 17.5. The third kappa shape index (κ3) is 2.60. The molecule has 1 N–H and O–H groups in total. The van der Waals surface area contributed by atoms with Gasteiger partial charge in [0.1, 0.15) is 6.61 Å². The predicted octanol–water partition coefficient (Wildman–Crippen LogP) is 4.11. The molecule has 0 spiro atoms. The molecule has 4 atom stereocenters. The van der Waals surface area contributed by atoms with Crippen LogP contribution in [0.3, 0.4) is 0 Å². The third-order valence-corrected chi connectivity index (χ3v) is 7.18. The first kappa shape index (κ1) is 17.2. The lowest BCUT2D eigenvalue weighted by atomic mass is 9.46. The van der Waals surface area contributed by atoms with Crippen molar-refractivity contribution < 1.29 is 19.4 Å². The minimum atomic E-state index is -0.763. The molecule has 4 nitrogen and oxygen atoms in total. The number of aliphatic carboxylic acids is 1. The number of rotatable bonds is 4. The van der Waals surface area contributed by atoms with Crippen molar-refractivity contribution in [2.24, 2.45) is 22.7 Å². The summed E-state index contributed by atoms with van der Waals surface area (Å²) in [6.45, 7) is 7.14. The number of carboxylic acids is 1. The van der Waals surface area contributed by atoms with Crippen molar-refractivity contribution in [1.29, 1.82) is 0 Å². The minimum Gasteiger partial charge on any atom is -0.478 e. The summed E-state index contributed by atoms with van der Waals surface area (Å²) >= 11 is 0. The maximum absolute atomic E-state index is 11.8. The van der Waals surface area contributed by atoms with Crippen LogP contribution in [-0.2, 0) is 14.3 Å². The number of fused-ring (bicyclic) bond motifs is 1. The quantitative estimate of drug-likeness (QED) is 0.787. The van der Waals surface area contributed by atoms with Gasteiger partial charge in [-0.1, -0.05) is 26.8 Å². The summed E-state index contributed by atoms with van der Waals surface area (Å²) in [5.41, 5.74) is 1.19. The van der Waals surface area contributed by atoms with Crippen molar-refractivity contribution in [3.8, 4) is 0 Å². The van der Waals surface area contributed by atoms with Gasteiger partial charge in [-0.05, 0) is 61.9 Å². The highest BCUT2D eigenvalue weighted by Gasteiger charge is 2.55. The Hall–Kier alpha value is -1.58. The van der Waals surface area contributed by atoms with Gasteiger partial charge in [-0.2, -0.15) is 0 Å². The number of hydrogen-bond donors (Lipinski definition) is 1. The van der Waals surface area contributed by atoms with Crippen LogP contribution in [0.1, 0.15) is 59.3 Å². The van der Waals surface area contributed by atoms with E-state index in [9.17, 15) is 14.7 Å². The zero-order valence-corrected chi connectivity index (χ0v) is 14.9. The molecule has 0 amide bonds. The Morgan fingerprint density at radius 1 is 1.33 bits per heavy atom. The van der Waals surface area contributed by atoms with Crippen LogP contribution < -0.4 is 0 Å². The normalized spacial score (nSPS) is 38.9. The fourth-order valence-corrected chi connectivity index (χ4v) is 5.44. The van der Waals surface area contributed by atoms with Crippen LogP contribution in [0.4, 0.5) is 0 Å². The number of cyclic esters (lactones) is 1. The molecule has 1 fully saturated rings. The van der Waals surface area contributed by atoms with Crippen LogP contribution in [0.25, 0.3) is 0 Å². The highest BCUT2D eigenvalue weighted by Crippen LogP contribution is 2.62. The molecule has 0 bridgehead atoms. The molecule has 4 heteroatoms. The van der Waals surface area contributed by atoms with Crippen molar-refractivity contribution >= 4 is 11.9 Å². The first-order valence-corrected chi connectivity index (χ1v) is 9.09. The molecule has 1 heterocycles. The molecule has 1 aliphatic heterocycles. The third-order valence-electron chi connectivity index (χ3n) is 7.18. The fourth-order valence-electron chi connectivity index (χ4n) is 5.44. The van der Waals surface area contributed by atoms with Crippen LogP contribution in [0.15, 0.2) is 23.3 Å². The Kier molecular flexibility index (Phi) is 4.35. The number of allylic oxidation sites excluding steroid dienone is 1. The SMILES string of the molecule is C[C@H]1CC[C@@]2(C)C(C(=O)O)=CCC[C@H]2[C@]1(C)CCC1=CCOC1=O. The largest absolute Gasteiger partial charge is 0.478 e. The van der Waals surface area contributed by atoms with E-state index in [1.807, 2.05) is 12.2 Å². The number of carbonyl (C=O) groups excluding carboxylic acids is 1. The molecule has 3 aliphatic rings. The van der Waals surface area contributed by atoms with E-state index in [1.165, 1.54) is 0 Å². The monoisotopic (exact) mass is 332 g/mol. The molecule has 24 heavy (non-hydrogen) atoms. The van der Waals surface area contributed by atoms with Crippen LogP contribution in [-0.4, -0.2) is 23.7 Å². The lowest BCUT2D eigenvalue weighted by Gasteiger charge is -2.57. The summed E-state index contributed by atoms with van der Waals surface area (Å²) in [7, 11) is 0. The Morgan fingerprint density at radius 3 is 2.71 bits per heavy atom. The summed E-state index contributed by atoms with van der Waals surface area (Å²) in [6, 6.07) is 0. The lowest BCUT2D eigenvalue weighted by molar-refractivity contribution is -0.137. The smallest absolute Gasteiger partial charge is 0.334 e. The Bertz CT molecular complexity index is 617. The maximum Gasteiger partial charge on any atom is 0.334 e. The number of carbonyl (C=O) groups is 2. The molecule has 2 aliphatic carbocycles. The topological polar surface area (TPSA) is 63.6 Å². The van der Waals surface area contributed by atoms with Gasteiger partial charge in [0.25, 0.3) is 0 Å². The molecule has 0 unspecified atom stereocenters. The number of hydrogen-bond acceptors (Lipinski definition) is 3. The van der Waals surface area contributed by atoms with Gasteiger partial charge in [0.2, 0.25) is 0 Å². The van der Waals surface area contributed by atoms with Crippen LogP contribution in [0.5, 0.6) is 0 Å². The molecule has 0 aromatic carbocycles. The van der Waals surface area contributed by atoms with Gasteiger partial charge in [0.15, 0.2) is 0 Å². The van der Waals surface area contributed by atoms with Crippen molar-refractivity contribution in [3.63, 3.8) is 0 Å². The number of carboxylic acid groups (broad SMARTS) is 1. The molecule has 0 radical (unpaired) electrons. The van der Waals surface area contributed by atoms with Crippen molar-refractivity contribution in [2.45, 2.75) is 59.3 Å². The van der Waals surface area contributed by atoms with Gasteiger partial charge in [-0.3, -0.25) is 0 Å². The standard InChI is InChI=1S/C20H28O4/c1-13-7-10-20(3)15(17(21)22)5-4-6-16(20)19(13,2)11-8-14-9-12-24-18(14)23/h5,9,13,16H,4,6-8,10-12H2,1-3H3,(H,21,22)/t13-,16-,19+,20-/m0/s1. The van der Waals surface area contributed by atoms with E-state index in [0.717, 1.165) is 44.1 Å². The second kappa shape index (κ2) is 6.05. The number of ether oxygens (including phenoxy) is 1. The zero-order valence-electron chi connectivity index (χ0n) is 14.9. The summed E-state index contributed by atoms with van der Waals surface area (Å²) < 4.78 is 5.02. The van der Waals surface area contributed by atoms with Gasteiger partial charge in [-0.15, -0.1) is 0 Å². The molecule has 132 valence electrons. The Balaban J connectivity index is 1.87. The highest BCUT2D eigenvalue weighted by molar-refractivity contribution is 5.90. The molecule has 0 aromatic rings. The summed E-state index contributed by atoms with van der Waals surface area (Å²) in [5.74, 6) is -0.0645. The minimum absolute atomic E-state index is 0.0473. The van der Waals surface area contributed by atoms with E-state index in [0.29, 0.717) is 24.0 Å². The molecular formula is C20H28O4. The molecule has 0 aromatic heterocycles. The second-order valence-electron chi connectivity index (χ2n) is 8.24. The summed E-state index contributed by atoms with van der Waals surface area (Å²) in [6.07, 6.45) is 9.34. The van der Waals surface area contributed by atoms with Gasteiger partial charge < -0.3 is 9.84 Å². The first-order valence-electron chi connectivity index (χ1n) is 9.09. The van der Waals surface area contributed by atoms with E-state index in [4.69, 9.17) is 4.74 Å². The first-order chi connectivity index (χ1) is 11.3. The lowest BCUT2D eigenvalue weighted by Crippen LogP contribution is -2.51. The summed E-state index contributed by atoms with van der Waals surface area (Å²) in [4.78, 5) is 23.5. The molecular weight excluding hydrogens is 304 g/mol. The van der Waals surface area contributed by atoms with Crippen molar-refractivity contribution in [1.82, 2.24) is 0 Å². The van der Waals surface area contributed by atoms with Gasteiger partial charge in [0, 0.05) is 16.6 Å². The molecule has 0 saturated heterocycles. The van der Waals surface area contributed by atoms with Crippen molar-refractivity contribution in [2.75, 3.05) is 6.61 Å². The Morgan fingerprint density at radius 2 is 2.08 bits per heavy atom. The average molecular weight is 332 g/mol. The van der Waals surface area contributed by atoms with E-state index in [1.54, 1.807) is 0 Å². The van der Waals surface area contributed by atoms with Gasteiger partial charge in [0.05, 0.1) is 0 Å². The van der Waals surface area contributed by atoms with E-state index < -0.39 is 5.97 Å². The van der Waals surface area contributed by atoms with Gasteiger partial charge >= 0.3 is 11.9 Å². The fraction of sp³-hybridized carbons (Fsp3) is 0.700. The number of esters is 1. The highest BCUT2D eigenvalue weighted by atomic mass is 16.5. The van der Waals surface area contributed by atoms with Crippen LogP contribution in [0.2, 0.25) is 0 Å². The Labute approximate surface area is 144 Å². The van der Waals surface area contributed by atoms with E-state index in [-0.39, 0.29) is 16.8 Å². The van der Waals surface area contributed by atoms with Crippen LogP contribution in [0, 0.1) is 22.7 Å². The predicted molar refractivity (Wildman–Crippen MR) is 91.3 cm³/mol. The molecule has 3 rings (SSSR count).